The summed E-state index contributed by atoms with van der Waals surface area (Å²) >= 11 is 0. The van der Waals surface area contributed by atoms with E-state index in [0.717, 1.165) is 18.1 Å². The van der Waals surface area contributed by atoms with Crippen molar-refractivity contribution in [1.82, 2.24) is 0 Å². The summed E-state index contributed by atoms with van der Waals surface area (Å²) in [6, 6.07) is 7.28. The number of anilines is 1. The molecule has 1 heterocycles. The second-order valence-corrected chi connectivity index (χ2v) is 7.57. The number of hydrogen-bond donors (Lipinski definition) is 1. The molecule has 0 unspecified atom stereocenters. The van der Waals surface area contributed by atoms with E-state index in [-0.39, 0.29) is 23.6 Å². The molecule has 0 radical (unpaired) electrons. The molecule has 1 aromatic carbocycles. The highest BCUT2D eigenvalue weighted by molar-refractivity contribution is 7.89. The Bertz CT molecular complexity index is 811. The highest BCUT2D eigenvalue weighted by Crippen LogP contribution is 2.20. The molecule has 0 fully saturated rings. The van der Waals surface area contributed by atoms with Gasteiger partial charge in [0.05, 0.1) is 5.75 Å². The highest BCUT2D eigenvalue weighted by Gasteiger charge is 2.13. The number of benzene rings is 1. The van der Waals surface area contributed by atoms with Crippen LogP contribution in [0.1, 0.15) is 23.5 Å². The summed E-state index contributed by atoms with van der Waals surface area (Å²) in [5.74, 6) is 0.299. The predicted molar refractivity (Wildman–Crippen MR) is 85.3 cm³/mol. The van der Waals surface area contributed by atoms with Crippen LogP contribution in [0.2, 0.25) is 0 Å². The van der Waals surface area contributed by atoms with Crippen LogP contribution in [-0.2, 0) is 26.8 Å². The van der Waals surface area contributed by atoms with Gasteiger partial charge in [0.1, 0.15) is 17.3 Å². The van der Waals surface area contributed by atoms with Crippen molar-refractivity contribution in [3.63, 3.8) is 0 Å². The molecule has 1 N–H and O–H groups in total. The van der Waals surface area contributed by atoms with E-state index in [1.165, 1.54) is 12.1 Å². The van der Waals surface area contributed by atoms with Gasteiger partial charge in [0, 0.05) is 24.8 Å². The van der Waals surface area contributed by atoms with Gasteiger partial charge >= 0.3 is 0 Å². The Morgan fingerprint density at radius 2 is 2.00 bits per heavy atom. The first-order valence-corrected chi connectivity index (χ1v) is 9.10. The minimum atomic E-state index is -3.34. The molecule has 7 heteroatoms. The van der Waals surface area contributed by atoms with Crippen LogP contribution in [0.4, 0.5) is 10.1 Å². The number of rotatable bonds is 6. The molecule has 1 aromatic heterocycles. The molecule has 0 aliphatic rings. The fraction of sp³-hybridized carbons (Fsp3) is 0.312. The van der Waals surface area contributed by atoms with E-state index in [0.29, 0.717) is 17.9 Å². The van der Waals surface area contributed by atoms with Crippen LogP contribution < -0.4 is 5.32 Å². The van der Waals surface area contributed by atoms with Crippen molar-refractivity contribution < 1.29 is 22.0 Å². The quantitative estimate of drug-likeness (QED) is 0.878. The van der Waals surface area contributed by atoms with E-state index < -0.39 is 15.7 Å². The third kappa shape index (κ3) is 5.52. The molecule has 0 spiro atoms. The molecule has 124 valence electrons. The Kier molecular flexibility index (Phi) is 5.20. The Hall–Kier alpha value is -2.15. The van der Waals surface area contributed by atoms with Crippen LogP contribution in [-0.4, -0.2) is 20.6 Å². The first kappa shape index (κ1) is 17.2. The fourth-order valence-electron chi connectivity index (χ4n) is 2.16. The molecule has 0 aliphatic heterocycles. The largest absolute Gasteiger partial charge is 0.466 e. The van der Waals surface area contributed by atoms with E-state index in [9.17, 15) is 17.6 Å². The van der Waals surface area contributed by atoms with Crippen molar-refractivity contribution in [3.05, 3.63) is 53.2 Å². The summed E-state index contributed by atoms with van der Waals surface area (Å²) in [4.78, 5) is 12.0. The van der Waals surface area contributed by atoms with E-state index >= 15 is 0 Å². The zero-order valence-electron chi connectivity index (χ0n) is 12.9. The first-order chi connectivity index (χ1) is 10.7. The number of carbonyl (C=O) groups excluding carboxylic acids is 1. The summed E-state index contributed by atoms with van der Waals surface area (Å²) in [7, 11) is -3.34. The van der Waals surface area contributed by atoms with Crippen molar-refractivity contribution in [3.8, 4) is 0 Å². The molecule has 1 amide bonds. The third-order valence-corrected chi connectivity index (χ3v) is 3.99. The summed E-state index contributed by atoms with van der Waals surface area (Å²) < 4.78 is 41.5. The Morgan fingerprint density at radius 3 is 2.61 bits per heavy atom. The number of nitrogens with one attached hydrogen (secondary N) is 1. The molecule has 0 bridgehead atoms. The van der Waals surface area contributed by atoms with Crippen molar-refractivity contribution >= 4 is 21.4 Å². The van der Waals surface area contributed by atoms with Gasteiger partial charge in [-0.1, -0.05) is 0 Å². The number of carbonyl (C=O) groups is 1. The van der Waals surface area contributed by atoms with Gasteiger partial charge in [0.15, 0.2) is 9.84 Å². The van der Waals surface area contributed by atoms with E-state index in [4.69, 9.17) is 4.42 Å². The van der Waals surface area contributed by atoms with Crippen LogP contribution in [0.5, 0.6) is 0 Å². The van der Waals surface area contributed by atoms with Gasteiger partial charge in [-0.2, -0.15) is 0 Å². The Balaban J connectivity index is 2.05. The number of hydrogen-bond acceptors (Lipinski definition) is 4. The molecule has 0 saturated carbocycles. The average Bonchev–Trinajstić information content (AvgIpc) is 2.84. The number of sulfone groups is 1. The van der Waals surface area contributed by atoms with Gasteiger partial charge in [0.2, 0.25) is 5.91 Å². The van der Waals surface area contributed by atoms with Gasteiger partial charge in [-0.3, -0.25) is 4.79 Å². The lowest BCUT2D eigenvalue weighted by molar-refractivity contribution is -0.116. The zero-order chi connectivity index (χ0) is 17.0. The second kappa shape index (κ2) is 6.95. The molecule has 0 aliphatic carbocycles. The molecule has 0 saturated heterocycles. The normalized spacial score (nSPS) is 11.4. The fourth-order valence-corrected chi connectivity index (χ4v) is 2.96. The number of furan rings is 1. The van der Waals surface area contributed by atoms with Crippen LogP contribution >= 0.6 is 0 Å². The maximum absolute atomic E-state index is 13.3. The van der Waals surface area contributed by atoms with Crippen molar-refractivity contribution in [2.45, 2.75) is 25.5 Å². The maximum atomic E-state index is 13.3. The molecule has 2 rings (SSSR count). The molecular formula is C16H18FNO4S. The highest BCUT2D eigenvalue weighted by atomic mass is 32.2. The van der Waals surface area contributed by atoms with Crippen LogP contribution in [0.3, 0.4) is 0 Å². The standard InChI is InChI=1S/C16H18FNO4S/c1-11-3-5-14(22-11)6-8-16(19)18-15-7-4-13(17)9-12(15)10-23(2,20)21/h3-5,7,9H,6,8,10H2,1-2H3,(H,18,19). The lowest BCUT2D eigenvalue weighted by Crippen LogP contribution is -2.15. The van der Waals surface area contributed by atoms with Gasteiger partial charge in [0.25, 0.3) is 0 Å². The summed E-state index contributed by atoms with van der Waals surface area (Å²) in [5, 5.41) is 2.63. The summed E-state index contributed by atoms with van der Waals surface area (Å²) in [6.45, 7) is 1.82. The monoisotopic (exact) mass is 339 g/mol. The Labute approximate surface area is 134 Å². The SMILES string of the molecule is Cc1ccc(CCC(=O)Nc2ccc(F)cc2CS(C)(=O)=O)o1. The van der Waals surface area contributed by atoms with Crippen LogP contribution in [0.25, 0.3) is 0 Å². The smallest absolute Gasteiger partial charge is 0.224 e. The van der Waals surface area contributed by atoms with Gasteiger partial charge in [-0.15, -0.1) is 0 Å². The number of aryl methyl sites for hydroxylation is 2. The molecule has 5 nitrogen and oxygen atoms in total. The molecule has 23 heavy (non-hydrogen) atoms. The van der Waals surface area contributed by atoms with Crippen molar-refractivity contribution in [2.75, 3.05) is 11.6 Å². The Morgan fingerprint density at radius 1 is 1.26 bits per heavy atom. The molecular weight excluding hydrogens is 321 g/mol. The lowest BCUT2D eigenvalue weighted by Gasteiger charge is -2.10. The van der Waals surface area contributed by atoms with Crippen molar-refractivity contribution in [2.24, 2.45) is 0 Å². The van der Waals surface area contributed by atoms with E-state index in [2.05, 4.69) is 5.32 Å². The number of amides is 1. The van der Waals surface area contributed by atoms with Gasteiger partial charge < -0.3 is 9.73 Å². The topological polar surface area (TPSA) is 76.4 Å². The summed E-state index contributed by atoms with van der Waals surface area (Å²) in [6.07, 6.45) is 1.67. The minimum absolute atomic E-state index is 0.183. The average molecular weight is 339 g/mol. The minimum Gasteiger partial charge on any atom is -0.466 e. The zero-order valence-corrected chi connectivity index (χ0v) is 13.7. The maximum Gasteiger partial charge on any atom is 0.224 e. The van der Waals surface area contributed by atoms with Crippen LogP contribution in [0, 0.1) is 12.7 Å². The van der Waals surface area contributed by atoms with E-state index in [1.807, 2.05) is 13.0 Å². The summed E-state index contributed by atoms with van der Waals surface area (Å²) in [5.41, 5.74) is 0.534. The molecule has 0 atom stereocenters. The van der Waals surface area contributed by atoms with Crippen molar-refractivity contribution in [1.29, 1.82) is 0 Å². The lowest BCUT2D eigenvalue weighted by atomic mass is 10.2. The van der Waals surface area contributed by atoms with Crippen LogP contribution in [0.15, 0.2) is 34.7 Å². The van der Waals surface area contributed by atoms with Gasteiger partial charge in [-0.05, 0) is 42.8 Å². The predicted octanol–water partition coefficient (Wildman–Crippen LogP) is 2.84. The second-order valence-electron chi connectivity index (χ2n) is 5.43. The van der Waals surface area contributed by atoms with Gasteiger partial charge in [-0.25, -0.2) is 12.8 Å². The first-order valence-electron chi connectivity index (χ1n) is 7.04. The number of halogens is 1. The molecule has 2 aromatic rings. The third-order valence-electron chi connectivity index (χ3n) is 3.15. The van der Waals surface area contributed by atoms with E-state index in [1.54, 1.807) is 6.07 Å².